The topological polar surface area (TPSA) is 42.2 Å². The maximum absolute atomic E-state index is 9.14. The molecular weight excluding hydrogens is 274 g/mol. The van der Waals surface area contributed by atoms with Crippen LogP contribution >= 0.6 is 0 Å². The minimum absolute atomic E-state index is 0.0987. The Labute approximate surface area is 136 Å². The van der Waals surface area contributed by atoms with Crippen LogP contribution in [0.1, 0.15) is 60.5 Å². The van der Waals surface area contributed by atoms with Crippen molar-refractivity contribution in [2.24, 2.45) is 11.3 Å². The van der Waals surface area contributed by atoms with Gasteiger partial charge in [-0.25, -0.2) is 0 Å². The van der Waals surface area contributed by atoms with Crippen LogP contribution in [0.5, 0.6) is 11.5 Å². The predicted molar refractivity (Wildman–Crippen MR) is 92.4 cm³/mol. The molecule has 0 bridgehead atoms. The van der Waals surface area contributed by atoms with Crippen molar-refractivity contribution in [2.75, 3.05) is 13.2 Å². The summed E-state index contributed by atoms with van der Waals surface area (Å²) >= 11 is 0. The Morgan fingerprint density at radius 1 is 1.18 bits per heavy atom. The molecule has 124 valence electrons. The standard InChI is InChI=1S/C17H25NO2.C2H6/c1-6-17(4,5)12-20-16-9-15(19-11-13(2)3)8-7-14(16)10-18;1-2/h7-9,13H,6,11-12H2,1-5H3;1-2H3. The van der Waals surface area contributed by atoms with E-state index in [1.165, 1.54) is 0 Å². The van der Waals surface area contributed by atoms with Gasteiger partial charge in [0, 0.05) is 6.07 Å². The first kappa shape index (κ1) is 20.3. The van der Waals surface area contributed by atoms with Crippen molar-refractivity contribution in [3.63, 3.8) is 0 Å². The zero-order valence-corrected chi connectivity index (χ0v) is 15.2. The maximum Gasteiger partial charge on any atom is 0.140 e. The second-order valence-electron chi connectivity index (χ2n) is 6.28. The highest BCUT2D eigenvalue weighted by Crippen LogP contribution is 2.28. The van der Waals surface area contributed by atoms with Crippen molar-refractivity contribution in [1.82, 2.24) is 0 Å². The van der Waals surface area contributed by atoms with Crippen LogP contribution in [0.3, 0.4) is 0 Å². The number of benzene rings is 1. The van der Waals surface area contributed by atoms with Crippen LogP contribution in [0.4, 0.5) is 0 Å². The summed E-state index contributed by atoms with van der Waals surface area (Å²) in [6.07, 6.45) is 1.03. The lowest BCUT2D eigenvalue weighted by atomic mass is 9.92. The molecule has 3 heteroatoms. The average Bonchev–Trinajstić information content (AvgIpc) is 2.53. The van der Waals surface area contributed by atoms with Crippen molar-refractivity contribution in [1.29, 1.82) is 5.26 Å². The molecule has 0 spiro atoms. The highest BCUT2D eigenvalue weighted by Gasteiger charge is 2.17. The maximum atomic E-state index is 9.14. The summed E-state index contributed by atoms with van der Waals surface area (Å²) in [4.78, 5) is 0. The highest BCUT2D eigenvalue weighted by atomic mass is 16.5. The second-order valence-corrected chi connectivity index (χ2v) is 6.28. The van der Waals surface area contributed by atoms with Gasteiger partial charge in [-0.15, -0.1) is 0 Å². The fourth-order valence-electron chi connectivity index (χ4n) is 1.44. The normalized spacial score (nSPS) is 10.5. The van der Waals surface area contributed by atoms with Gasteiger partial charge in [-0.3, -0.25) is 0 Å². The molecule has 0 unspecified atom stereocenters. The first-order valence-corrected chi connectivity index (χ1v) is 8.17. The fraction of sp³-hybridized carbons (Fsp3) is 0.632. The van der Waals surface area contributed by atoms with E-state index >= 15 is 0 Å². The van der Waals surface area contributed by atoms with Crippen LogP contribution in [-0.4, -0.2) is 13.2 Å². The molecule has 0 saturated carbocycles. The Kier molecular flexibility index (Phi) is 9.33. The Morgan fingerprint density at radius 2 is 1.82 bits per heavy atom. The Bertz CT molecular complexity index is 473. The van der Waals surface area contributed by atoms with Crippen LogP contribution in [0.25, 0.3) is 0 Å². The van der Waals surface area contributed by atoms with E-state index < -0.39 is 0 Å². The van der Waals surface area contributed by atoms with E-state index in [1.807, 2.05) is 26.0 Å². The predicted octanol–water partition coefficient (Wildman–Crippen LogP) is 5.43. The molecule has 0 fully saturated rings. The van der Waals surface area contributed by atoms with Crippen molar-refractivity contribution in [3.8, 4) is 17.6 Å². The Morgan fingerprint density at radius 3 is 2.32 bits per heavy atom. The fourth-order valence-corrected chi connectivity index (χ4v) is 1.44. The van der Waals surface area contributed by atoms with Crippen molar-refractivity contribution >= 4 is 0 Å². The summed E-state index contributed by atoms with van der Waals surface area (Å²) < 4.78 is 11.5. The molecule has 0 N–H and O–H groups in total. The molecule has 0 atom stereocenters. The number of ether oxygens (including phenoxy) is 2. The molecular formula is C19H31NO2. The van der Waals surface area contributed by atoms with Gasteiger partial charge in [0.2, 0.25) is 0 Å². The van der Waals surface area contributed by atoms with E-state index in [2.05, 4.69) is 40.7 Å². The molecule has 0 aliphatic heterocycles. The molecule has 0 aromatic heterocycles. The monoisotopic (exact) mass is 305 g/mol. The number of nitrogens with zero attached hydrogens (tertiary/aromatic N) is 1. The van der Waals surface area contributed by atoms with Gasteiger partial charge < -0.3 is 9.47 Å². The zero-order chi connectivity index (χ0) is 17.2. The molecule has 3 nitrogen and oxygen atoms in total. The lowest BCUT2D eigenvalue weighted by Crippen LogP contribution is -2.20. The van der Waals surface area contributed by atoms with E-state index in [9.17, 15) is 0 Å². The van der Waals surface area contributed by atoms with Crippen molar-refractivity contribution < 1.29 is 9.47 Å². The van der Waals surface area contributed by atoms with Gasteiger partial charge >= 0.3 is 0 Å². The van der Waals surface area contributed by atoms with Gasteiger partial charge in [0.15, 0.2) is 0 Å². The first-order chi connectivity index (χ1) is 10.4. The molecule has 0 heterocycles. The van der Waals surface area contributed by atoms with Crippen LogP contribution < -0.4 is 9.47 Å². The van der Waals surface area contributed by atoms with Gasteiger partial charge in [-0.2, -0.15) is 5.26 Å². The van der Waals surface area contributed by atoms with Crippen molar-refractivity contribution in [2.45, 2.75) is 54.9 Å². The molecule has 0 aliphatic rings. The molecule has 22 heavy (non-hydrogen) atoms. The molecule has 0 radical (unpaired) electrons. The Hall–Kier alpha value is -1.69. The lowest BCUT2D eigenvalue weighted by molar-refractivity contribution is 0.174. The molecule has 0 saturated heterocycles. The minimum Gasteiger partial charge on any atom is -0.493 e. The highest BCUT2D eigenvalue weighted by molar-refractivity contribution is 5.47. The average molecular weight is 305 g/mol. The van der Waals surface area contributed by atoms with Crippen LogP contribution in [0, 0.1) is 22.7 Å². The SMILES string of the molecule is CC.CCC(C)(C)COc1cc(OCC(C)C)ccc1C#N. The number of rotatable bonds is 7. The largest absolute Gasteiger partial charge is 0.493 e. The summed E-state index contributed by atoms with van der Waals surface area (Å²) in [5.74, 6) is 1.83. The Balaban J connectivity index is 0.00000211. The van der Waals surface area contributed by atoms with E-state index in [1.54, 1.807) is 6.07 Å². The van der Waals surface area contributed by atoms with E-state index in [0.717, 1.165) is 12.2 Å². The third kappa shape index (κ3) is 7.36. The molecule has 1 aromatic rings. The van der Waals surface area contributed by atoms with Crippen LogP contribution in [-0.2, 0) is 0 Å². The van der Waals surface area contributed by atoms with Crippen LogP contribution in [0.2, 0.25) is 0 Å². The summed E-state index contributed by atoms with van der Waals surface area (Å²) in [6.45, 7) is 15.9. The molecule has 1 rings (SSSR count). The number of hydrogen-bond donors (Lipinski definition) is 0. The molecule has 0 amide bonds. The summed E-state index contributed by atoms with van der Waals surface area (Å²) in [7, 11) is 0. The summed E-state index contributed by atoms with van der Waals surface area (Å²) in [5, 5.41) is 9.14. The quantitative estimate of drug-likeness (QED) is 0.674. The van der Waals surface area contributed by atoms with E-state index in [4.69, 9.17) is 14.7 Å². The third-order valence-electron chi connectivity index (χ3n) is 3.23. The number of nitriles is 1. The minimum atomic E-state index is 0.0987. The second kappa shape index (κ2) is 10.1. The lowest BCUT2D eigenvalue weighted by Gasteiger charge is -2.23. The third-order valence-corrected chi connectivity index (χ3v) is 3.23. The van der Waals surface area contributed by atoms with E-state index in [-0.39, 0.29) is 5.41 Å². The summed E-state index contributed by atoms with van der Waals surface area (Å²) in [5.41, 5.74) is 0.649. The van der Waals surface area contributed by atoms with E-state index in [0.29, 0.717) is 30.4 Å². The van der Waals surface area contributed by atoms with Crippen molar-refractivity contribution in [3.05, 3.63) is 23.8 Å². The van der Waals surface area contributed by atoms with Crippen LogP contribution in [0.15, 0.2) is 18.2 Å². The van der Waals surface area contributed by atoms with Gasteiger partial charge in [-0.1, -0.05) is 48.5 Å². The van der Waals surface area contributed by atoms with Gasteiger partial charge in [0.25, 0.3) is 0 Å². The van der Waals surface area contributed by atoms with Gasteiger partial charge in [0.05, 0.1) is 18.8 Å². The molecule has 1 aromatic carbocycles. The zero-order valence-electron chi connectivity index (χ0n) is 15.2. The van der Waals surface area contributed by atoms with Gasteiger partial charge in [0.1, 0.15) is 17.6 Å². The smallest absolute Gasteiger partial charge is 0.140 e. The molecule has 0 aliphatic carbocycles. The summed E-state index contributed by atoms with van der Waals surface area (Å²) in [6, 6.07) is 7.55. The number of hydrogen-bond acceptors (Lipinski definition) is 3. The first-order valence-electron chi connectivity index (χ1n) is 8.17. The van der Waals surface area contributed by atoms with Gasteiger partial charge in [-0.05, 0) is 29.9 Å².